The lowest BCUT2D eigenvalue weighted by molar-refractivity contribution is -0.137. The van der Waals surface area contributed by atoms with E-state index < -0.39 is 21.2 Å². The second kappa shape index (κ2) is 9.65. The third-order valence-electron chi connectivity index (χ3n) is 2.41. The summed E-state index contributed by atoms with van der Waals surface area (Å²) in [6.07, 6.45) is 3.89. The summed E-state index contributed by atoms with van der Waals surface area (Å²) in [5.74, 6) is -1.12. The molecule has 0 saturated carbocycles. The molecule has 0 rings (SSSR count). The fraction of sp³-hybridized carbons (Fsp3) is 0.750. The van der Waals surface area contributed by atoms with Crippen LogP contribution in [0.3, 0.4) is 0 Å². The first-order valence-corrected chi connectivity index (χ1v) is 7.99. The summed E-state index contributed by atoms with van der Waals surface area (Å²) in [7, 11) is -2.40. The third-order valence-corrected chi connectivity index (χ3v) is 4.55. The molecule has 0 aromatic rings. The van der Waals surface area contributed by atoms with E-state index in [2.05, 4.69) is 13.0 Å². The minimum absolute atomic E-state index is 0.202. The van der Waals surface area contributed by atoms with Crippen molar-refractivity contribution in [3.05, 3.63) is 0 Å². The monoisotopic (exact) mass is 271 g/mol. The zero-order valence-electron chi connectivity index (χ0n) is 11.3. The van der Waals surface area contributed by atoms with Gasteiger partial charge in [-0.2, -0.15) is 5.26 Å². The largest absolute Gasteiger partial charge is 0.487 e. The molecule has 6 heteroatoms. The van der Waals surface area contributed by atoms with Crippen LogP contribution in [0.4, 0.5) is 0 Å². The van der Waals surface area contributed by atoms with Crippen molar-refractivity contribution in [3.8, 4) is 6.07 Å². The molecule has 0 amide bonds. The van der Waals surface area contributed by atoms with Gasteiger partial charge >= 0.3 is 9.28 Å². The molecule has 0 spiro atoms. The normalized spacial score (nSPS) is 11.7. The predicted octanol–water partition coefficient (Wildman–Crippen LogP) is 2.05. The Kier molecular flexibility index (Phi) is 8.93. The minimum Gasteiger partial charge on any atom is -0.487 e. The molecule has 18 heavy (non-hydrogen) atoms. The first-order valence-electron chi connectivity index (χ1n) is 6.23. The molecule has 0 radical (unpaired) electrons. The third kappa shape index (κ3) is 8.76. The van der Waals surface area contributed by atoms with Gasteiger partial charge in [-0.15, -0.1) is 0 Å². The van der Waals surface area contributed by atoms with E-state index in [1.165, 1.54) is 13.8 Å². The minimum atomic E-state index is -2.40. The Morgan fingerprint density at radius 3 is 2.17 bits per heavy atom. The molecule has 0 aliphatic heterocycles. The molecule has 1 atom stereocenters. The second-order valence-electron chi connectivity index (χ2n) is 4.21. The zero-order chi connectivity index (χ0) is 14.0. The van der Waals surface area contributed by atoms with Gasteiger partial charge in [-0.05, 0) is 6.42 Å². The van der Waals surface area contributed by atoms with Crippen molar-refractivity contribution in [1.82, 2.24) is 0 Å². The van der Waals surface area contributed by atoms with Gasteiger partial charge in [0.1, 0.15) is 0 Å². The van der Waals surface area contributed by atoms with Crippen molar-refractivity contribution >= 4 is 21.2 Å². The molecule has 0 aliphatic carbocycles. The van der Waals surface area contributed by atoms with E-state index >= 15 is 0 Å². The van der Waals surface area contributed by atoms with Crippen LogP contribution in [0, 0.1) is 17.2 Å². The highest BCUT2D eigenvalue weighted by molar-refractivity contribution is 6.48. The Morgan fingerprint density at radius 1 is 1.22 bits per heavy atom. The van der Waals surface area contributed by atoms with E-state index in [9.17, 15) is 9.59 Å². The molecular formula is C12H21NO4Si. The Hall–Kier alpha value is -1.35. The van der Waals surface area contributed by atoms with Crippen LogP contribution in [-0.4, -0.2) is 21.2 Å². The smallest absolute Gasteiger partial charge is 0.449 e. The van der Waals surface area contributed by atoms with Crippen molar-refractivity contribution in [2.45, 2.75) is 52.5 Å². The van der Waals surface area contributed by atoms with Crippen LogP contribution in [-0.2, 0) is 18.4 Å². The molecule has 0 N–H and O–H groups in total. The molecule has 5 nitrogen and oxygen atoms in total. The van der Waals surface area contributed by atoms with Crippen molar-refractivity contribution in [2.75, 3.05) is 0 Å². The molecule has 0 bridgehead atoms. The van der Waals surface area contributed by atoms with Gasteiger partial charge in [-0.3, -0.25) is 9.59 Å². The summed E-state index contributed by atoms with van der Waals surface area (Å²) >= 11 is 0. The molecule has 0 heterocycles. The Bertz CT molecular complexity index is 298. The maximum absolute atomic E-state index is 10.9. The van der Waals surface area contributed by atoms with Gasteiger partial charge in [0, 0.05) is 19.9 Å². The van der Waals surface area contributed by atoms with E-state index in [0.29, 0.717) is 6.04 Å². The van der Waals surface area contributed by atoms with Gasteiger partial charge in [0.15, 0.2) is 0 Å². The quantitative estimate of drug-likeness (QED) is 0.499. The van der Waals surface area contributed by atoms with Crippen LogP contribution in [0.5, 0.6) is 0 Å². The first-order chi connectivity index (χ1) is 8.49. The van der Waals surface area contributed by atoms with Crippen LogP contribution >= 0.6 is 0 Å². The highest BCUT2D eigenvalue weighted by Crippen LogP contribution is 2.17. The summed E-state index contributed by atoms with van der Waals surface area (Å²) < 4.78 is 10.0. The highest BCUT2D eigenvalue weighted by Gasteiger charge is 2.25. The number of hydrogen-bond donors (Lipinski definition) is 0. The van der Waals surface area contributed by atoms with E-state index in [-0.39, 0.29) is 5.92 Å². The van der Waals surface area contributed by atoms with Gasteiger partial charge in [0.05, 0.1) is 12.0 Å². The number of hydrogen-bond acceptors (Lipinski definition) is 5. The summed E-state index contributed by atoms with van der Waals surface area (Å²) in [5.41, 5.74) is 0. The van der Waals surface area contributed by atoms with Crippen molar-refractivity contribution < 1.29 is 18.4 Å². The fourth-order valence-corrected chi connectivity index (χ4v) is 3.39. The highest BCUT2D eigenvalue weighted by atomic mass is 28.3. The fourth-order valence-electron chi connectivity index (χ4n) is 1.60. The summed E-state index contributed by atoms with van der Waals surface area (Å²) in [4.78, 5) is 21.8. The van der Waals surface area contributed by atoms with Gasteiger partial charge in [-0.1, -0.05) is 26.2 Å². The van der Waals surface area contributed by atoms with Crippen LogP contribution < -0.4 is 0 Å². The van der Waals surface area contributed by atoms with Crippen LogP contribution in [0.1, 0.15) is 46.5 Å². The number of rotatable bonds is 8. The molecule has 1 unspecified atom stereocenters. The lowest BCUT2D eigenvalue weighted by Crippen LogP contribution is -2.29. The van der Waals surface area contributed by atoms with E-state index in [0.717, 1.165) is 25.7 Å². The maximum atomic E-state index is 10.9. The molecular weight excluding hydrogens is 250 g/mol. The SMILES string of the molecule is CCCCCC(C#N)C[SiH](OC(C)=O)OC(C)=O. The lowest BCUT2D eigenvalue weighted by atomic mass is 10.1. The van der Waals surface area contributed by atoms with E-state index in [1.54, 1.807) is 0 Å². The summed E-state index contributed by atoms with van der Waals surface area (Å²) in [6.45, 7) is 4.65. The van der Waals surface area contributed by atoms with Crippen LogP contribution in [0.25, 0.3) is 0 Å². The molecule has 0 saturated heterocycles. The average Bonchev–Trinajstić information content (AvgIpc) is 2.26. The summed E-state index contributed by atoms with van der Waals surface area (Å²) in [6, 6.07) is 2.56. The molecule has 0 fully saturated rings. The van der Waals surface area contributed by atoms with Crippen LogP contribution in [0.15, 0.2) is 0 Å². The molecule has 102 valence electrons. The molecule has 0 aromatic heterocycles. The predicted molar refractivity (Wildman–Crippen MR) is 68.7 cm³/mol. The number of carbonyl (C=O) groups is 2. The van der Waals surface area contributed by atoms with Crippen molar-refractivity contribution in [3.63, 3.8) is 0 Å². The molecule has 0 aromatic carbocycles. The van der Waals surface area contributed by atoms with Gasteiger partial charge in [-0.25, -0.2) is 0 Å². The van der Waals surface area contributed by atoms with Crippen molar-refractivity contribution in [2.24, 2.45) is 5.92 Å². The van der Waals surface area contributed by atoms with Gasteiger partial charge in [0.25, 0.3) is 11.9 Å². The Morgan fingerprint density at radius 2 is 1.78 bits per heavy atom. The standard InChI is InChI=1S/C12H21NO4Si/c1-4-5-6-7-12(8-13)9-18(16-10(2)14)17-11(3)15/h12,18H,4-7,9H2,1-3H3. The Balaban J connectivity index is 4.28. The van der Waals surface area contributed by atoms with E-state index in [1.807, 2.05) is 0 Å². The van der Waals surface area contributed by atoms with E-state index in [4.69, 9.17) is 14.1 Å². The van der Waals surface area contributed by atoms with Gasteiger partial charge < -0.3 is 8.85 Å². The topological polar surface area (TPSA) is 76.4 Å². The number of carbonyl (C=O) groups excluding carboxylic acids is 2. The number of nitriles is 1. The lowest BCUT2D eigenvalue weighted by Gasteiger charge is -2.17. The van der Waals surface area contributed by atoms with Crippen molar-refractivity contribution in [1.29, 1.82) is 5.26 Å². The zero-order valence-corrected chi connectivity index (χ0v) is 12.4. The second-order valence-corrected chi connectivity index (χ2v) is 6.01. The maximum Gasteiger partial charge on any atom is 0.449 e. The van der Waals surface area contributed by atoms with Crippen LogP contribution in [0.2, 0.25) is 6.04 Å². The average molecular weight is 271 g/mol. The number of nitrogens with zero attached hydrogens (tertiary/aromatic N) is 1. The first kappa shape index (κ1) is 16.6. The summed E-state index contributed by atoms with van der Waals surface area (Å²) in [5, 5.41) is 9.03. The Labute approximate surface area is 110 Å². The molecule has 0 aliphatic rings. The van der Waals surface area contributed by atoms with Gasteiger partial charge in [0.2, 0.25) is 0 Å². The number of unbranched alkanes of at least 4 members (excludes halogenated alkanes) is 2.